The van der Waals surface area contributed by atoms with Crippen LogP contribution in [0.3, 0.4) is 0 Å². The van der Waals surface area contributed by atoms with Gasteiger partial charge < -0.3 is 9.64 Å². The highest BCUT2D eigenvalue weighted by atomic mass is 35.5. The van der Waals surface area contributed by atoms with Gasteiger partial charge in [0.15, 0.2) is 0 Å². The molecule has 1 saturated heterocycles. The number of anilines is 1. The van der Waals surface area contributed by atoms with Crippen LogP contribution in [0, 0.1) is 0 Å². The van der Waals surface area contributed by atoms with Gasteiger partial charge in [0.1, 0.15) is 10.6 Å². The lowest BCUT2D eigenvalue weighted by molar-refractivity contribution is 0.122. The monoisotopic (exact) mass is 344 g/mol. The summed E-state index contributed by atoms with van der Waals surface area (Å²) < 4.78 is 7.60. The van der Waals surface area contributed by atoms with E-state index in [4.69, 9.17) is 16.3 Å². The molecule has 0 atom stereocenters. The van der Waals surface area contributed by atoms with Gasteiger partial charge in [0, 0.05) is 24.5 Å². The summed E-state index contributed by atoms with van der Waals surface area (Å²) in [6.07, 6.45) is 2.07. The molecule has 0 spiro atoms. The van der Waals surface area contributed by atoms with Crippen molar-refractivity contribution in [1.82, 2.24) is 14.3 Å². The first-order valence-electron chi connectivity index (χ1n) is 6.71. The summed E-state index contributed by atoms with van der Waals surface area (Å²) in [5, 5.41) is 1.41. The van der Waals surface area contributed by atoms with Crippen LogP contribution in [0.15, 0.2) is 6.07 Å². The summed E-state index contributed by atoms with van der Waals surface area (Å²) in [5.74, 6) is 0.933. The van der Waals surface area contributed by atoms with Gasteiger partial charge in [-0.05, 0) is 31.0 Å². The van der Waals surface area contributed by atoms with E-state index in [1.165, 1.54) is 4.88 Å². The number of ether oxygens (including phenoxy) is 1. The Kier molecular flexibility index (Phi) is 4.85. The molecule has 3 heterocycles. The molecule has 0 amide bonds. The van der Waals surface area contributed by atoms with Crippen LogP contribution in [0.2, 0.25) is 5.28 Å². The molecule has 3 rings (SSSR count). The third kappa shape index (κ3) is 3.43. The van der Waals surface area contributed by atoms with Crippen molar-refractivity contribution in [2.24, 2.45) is 0 Å². The molecule has 0 radical (unpaired) electrons. The zero-order valence-electron chi connectivity index (χ0n) is 12.0. The quantitative estimate of drug-likeness (QED) is 0.627. The van der Waals surface area contributed by atoms with Crippen molar-refractivity contribution in [3.8, 4) is 0 Å². The Morgan fingerprint density at radius 1 is 1.43 bits per heavy atom. The van der Waals surface area contributed by atoms with Crippen molar-refractivity contribution in [3.63, 3.8) is 0 Å². The molecule has 1 aliphatic rings. The first kappa shape index (κ1) is 15.3. The molecule has 0 saturated carbocycles. The van der Waals surface area contributed by atoms with Gasteiger partial charge in [-0.25, -0.2) is 9.29 Å². The molecule has 114 valence electrons. The molecular formula is C13H17ClN4OS2. The van der Waals surface area contributed by atoms with Crippen LogP contribution in [-0.4, -0.2) is 53.9 Å². The largest absolute Gasteiger partial charge is 0.378 e. The van der Waals surface area contributed by atoms with Gasteiger partial charge in [0.25, 0.3) is 0 Å². The van der Waals surface area contributed by atoms with Crippen molar-refractivity contribution in [2.75, 3.05) is 44.5 Å². The predicted molar refractivity (Wildman–Crippen MR) is 90.4 cm³/mol. The maximum absolute atomic E-state index is 6.10. The number of hydrogen-bond donors (Lipinski definition) is 0. The van der Waals surface area contributed by atoms with Gasteiger partial charge in [0.2, 0.25) is 5.28 Å². The minimum Gasteiger partial charge on any atom is -0.378 e. The average Bonchev–Trinajstić information content (AvgIpc) is 2.89. The molecule has 0 unspecified atom stereocenters. The second kappa shape index (κ2) is 6.66. The van der Waals surface area contributed by atoms with E-state index in [2.05, 4.69) is 38.5 Å². The molecule has 0 aliphatic carbocycles. The average molecular weight is 345 g/mol. The first-order chi connectivity index (χ1) is 10.2. The number of morpholine rings is 1. The highest BCUT2D eigenvalue weighted by Crippen LogP contribution is 2.33. The summed E-state index contributed by atoms with van der Waals surface area (Å²) in [5.41, 5.74) is 0. The Balaban J connectivity index is 1.98. The normalized spacial score (nSPS) is 16.1. The van der Waals surface area contributed by atoms with E-state index in [1.54, 1.807) is 23.3 Å². The molecule has 2 aromatic rings. The van der Waals surface area contributed by atoms with E-state index in [0.29, 0.717) is 5.28 Å². The van der Waals surface area contributed by atoms with Gasteiger partial charge in [-0.15, -0.1) is 11.3 Å². The lowest BCUT2D eigenvalue weighted by atomic mass is 10.3. The van der Waals surface area contributed by atoms with Crippen molar-refractivity contribution in [2.45, 2.75) is 6.54 Å². The maximum Gasteiger partial charge on any atom is 0.225 e. The lowest BCUT2D eigenvalue weighted by Crippen LogP contribution is -2.36. The number of aromatic nitrogens is 2. The smallest absolute Gasteiger partial charge is 0.225 e. The van der Waals surface area contributed by atoms with Crippen LogP contribution < -0.4 is 4.90 Å². The van der Waals surface area contributed by atoms with Crippen molar-refractivity contribution in [1.29, 1.82) is 0 Å². The maximum atomic E-state index is 6.10. The van der Waals surface area contributed by atoms with Crippen LogP contribution in [0.1, 0.15) is 4.88 Å². The second-order valence-corrected chi connectivity index (χ2v) is 7.26. The Morgan fingerprint density at radius 2 is 2.19 bits per heavy atom. The van der Waals surface area contributed by atoms with Crippen LogP contribution in [0.5, 0.6) is 0 Å². The van der Waals surface area contributed by atoms with Gasteiger partial charge in [-0.3, -0.25) is 0 Å². The van der Waals surface area contributed by atoms with Crippen molar-refractivity contribution in [3.05, 3.63) is 16.2 Å². The molecule has 8 heteroatoms. The molecule has 0 bridgehead atoms. The summed E-state index contributed by atoms with van der Waals surface area (Å²) >= 11 is 9.50. The summed E-state index contributed by atoms with van der Waals surface area (Å²) in [4.78, 5) is 13.3. The summed E-state index contributed by atoms with van der Waals surface area (Å²) in [6, 6.07) is 2.19. The van der Waals surface area contributed by atoms with Gasteiger partial charge in [-0.2, -0.15) is 4.98 Å². The zero-order valence-corrected chi connectivity index (χ0v) is 14.4. The second-order valence-electron chi connectivity index (χ2n) is 4.82. The molecule has 21 heavy (non-hydrogen) atoms. The lowest BCUT2D eigenvalue weighted by Gasteiger charge is -2.28. The van der Waals surface area contributed by atoms with E-state index in [-0.39, 0.29) is 0 Å². The van der Waals surface area contributed by atoms with E-state index < -0.39 is 0 Å². The topological polar surface area (TPSA) is 41.5 Å². The zero-order chi connectivity index (χ0) is 14.8. The molecule has 2 aromatic heterocycles. The van der Waals surface area contributed by atoms with E-state index in [9.17, 15) is 0 Å². The number of hydrogen-bond acceptors (Lipinski definition) is 7. The Labute approximate surface area is 137 Å². The van der Waals surface area contributed by atoms with Gasteiger partial charge >= 0.3 is 0 Å². The van der Waals surface area contributed by atoms with Crippen molar-refractivity contribution < 1.29 is 4.74 Å². The SMILES string of the molecule is CSN(C)Cc1cc2c(N3CCOCC3)nc(Cl)nc2s1. The standard InChI is InChI=1S/C13H17ClN4OS2/c1-17(20-2)8-9-7-10-11(18-3-5-19-6-4-18)15-13(14)16-12(10)21-9/h7H,3-6,8H2,1-2H3. The van der Waals surface area contributed by atoms with E-state index >= 15 is 0 Å². The molecule has 0 aromatic carbocycles. The number of rotatable bonds is 4. The number of halogens is 1. The molecule has 1 fully saturated rings. The molecule has 5 nitrogen and oxygen atoms in total. The van der Waals surface area contributed by atoms with Gasteiger partial charge in [-0.1, -0.05) is 11.9 Å². The minimum absolute atomic E-state index is 0.315. The number of nitrogens with zero attached hydrogens (tertiary/aromatic N) is 4. The van der Waals surface area contributed by atoms with Crippen molar-refractivity contribution >= 4 is 50.9 Å². The summed E-state index contributed by atoms with van der Waals surface area (Å²) in [6.45, 7) is 4.05. The highest BCUT2D eigenvalue weighted by molar-refractivity contribution is 7.96. The van der Waals surface area contributed by atoms with Crippen LogP contribution >= 0.6 is 34.9 Å². The molecular weight excluding hydrogens is 328 g/mol. The first-order valence-corrected chi connectivity index (χ1v) is 9.09. The number of fused-ring (bicyclic) bond motifs is 1. The fraction of sp³-hybridized carbons (Fsp3) is 0.538. The van der Waals surface area contributed by atoms with E-state index in [1.807, 2.05) is 0 Å². The highest BCUT2D eigenvalue weighted by Gasteiger charge is 2.19. The Hall–Kier alpha value is -0.600. The Bertz CT molecular complexity index is 630. The molecule has 1 aliphatic heterocycles. The predicted octanol–water partition coefficient (Wildman–Crippen LogP) is 2.89. The third-order valence-electron chi connectivity index (χ3n) is 3.40. The minimum atomic E-state index is 0.315. The third-order valence-corrected chi connectivity index (χ3v) is 5.33. The molecule has 0 N–H and O–H groups in total. The fourth-order valence-electron chi connectivity index (χ4n) is 2.31. The fourth-order valence-corrected chi connectivity index (χ4v) is 3.95. The van der Waals surface area contributed by atoms with Gasteiger partial charge in [0.05, 0.1) is 18.6 Å². The van der Waals surface area contributed by atoms with E-state index in [0.717, 1.165) is 48.9 Å². The summed E-state index contributed by atoms with van der Waals surface area (Å²) in [7, 11) is 2.08. The van der Waals surface area contributed by atoms with Crippen LogP contribution in [0.4, 0.5) is 5.82 Å². The number of thiophene rings is 1. The van der Waals surface area contributed by atoms with Crippen LogP contribution in [-0.2, 0) is 11.3 Å². The Morgan fingerprint density at radius 3 is 2.90 bits per heavy atom. The van der Waals surface area contributed by atoms with Crippen LogP contribution in [0.25, 0.3) is 10.2 Å².